The number of nitrogens with zero attached hydrogens (tertiary/aromatic N) is 1. The van der Waals surface area contributed by atoms with Crippen LogP contribution in [0.3, 0.4) is 0 Å². The number of hydrogen-bond acceptors (Lipinski definition) is 2. The van der Waals surface area contributed by atoms with E-state index in [-0.39, 0.29) is 29.4 Å². The van der Waals surface area contributed by atoms with Gasteiger partial charge in [-0.15, -0.1) is 0 Å². The summed E-state index contributed by atoms with van der Waals surface area (Å²) in [7, 11) is 0. The first-order chi connectivity index (χ1) is 7.87. The van der Waals surface area contributed by atoms with Gasteiger partial charge in [-0.2, -0.15) is 0 Å². The standard InChI is InChI=1S/C13H22N2O2/c1-13(2,3)8-9-7-11(16)15(12(17)14-9)10-5-4-6-10/h9-10H,4-8H2,1-3H3,(H,14,17). The van der Waals surface area contributed by atoms with Crippen LogP contribution >= 0.6 is 0 Å². The molecule has 1 saturated carbocycles. The zero-order valence-electron chi connectivity index (χ0n) is 11.0. The summed E-state index contributed by atoms with van der Waals surface area (Å²) >= 11 is 0. The Morgan fingerprint density at radius 1 is 1.29 bits per heavy atom. The third-order valence-corrected chi connectivity index (χ3v) is 3.53. The largest absolute Gasteiger partial charge is 0.334 e. The van der Waals surface area contributed by atoms with Crippen LogP contribution in [0.25, 0.3) is 0 Å². The van der Waals surface area contributed by atoms with Gasteiger partial charge < -0.3 is 5.32 Å². The van der Waals surface area contributed by atoms with Crippen LogP contribution in [0, 0.1) is 5.41 Å². The normalized spacial score (nSPS) is 26.8. The van der Waals surface area contributed by atoms with Crippen LogP contribution < -0.4 is 5.32 Å². The predicted octanol–water partition coefficient (Wildman–Crippen LogP) is 2.29. The van der Waals surface area contributed by atoms with Gasteiger partial charge in [0, 0.05) is 18.5 Å². The molecule has 1 aliphatic heterocycles. The van der Waals surface area contributed by atoms with Gasteiger partial charge in [-0.25, -0.2) is 4.79 Å². The van der Waals surface area contributed by atoms with Crippen molar-refractivity contribution in [3.8, 4) is 0 Å². The number of carbonyl (C=O) groups excluding carboxylic acids is 2. The maximum atomic E-state index is 12.0. The van der Waals surface area contributed by atoms with Crippen LogP contribution in [-0.4, -0.2) is 28.9 Å². The first-order valence-corrected chi connectivity index (χ1v) is 6.49. The maximum absolute atomic E-state index is 12.0. The van der Waals surface area contributed by atoms with E-state index >= 15 is 0 Å². The average molecular weight is 238 g/mol. The Kier molecular flexibility index (Phi) is 3.15. The lowest BCUT2D eigenvalue weighted by Gasteiger charge is -2.41. The molecule has 1 heterocycles. The SMILES string of the molecule is CC(C)(C)CC1CC(=O)N(C2CCC2)C(=O)N1. The van der Waals surface area contributed by atoms with E-state index in [0.29, 0.717) is 6.42 Å². The van der Waals surface area contributed by atoms with Gasteiger partial charge in [-0.1, -0.05) is 20.8 Å². The molecular weight excluding hydrogens is 216 g/mol. The van der Waals surface area contributed by atoms with E-state index in [0.717, 1.165) is 25.7 Å². The molecule has 0 aromatic heterocycles. The third-order valence-electron chi connectivity index (χ3n) is 3.53. The van der Waals surface area contributed by atoms with Crippen LogP contribution in [0.15, 0.2) is 0 Å². The Morgan fingerprint density at radius 3 is 2.35 bits per heavy atom. The number of nitrogens with one attached hydrogen (secondary N) is 1. The maximum Gasteiger partial charge on any atom is 0.324 e. The van der Waals surface area contributed by atoms with E-state index in [1.165, 1.54) is 4.90 Å². The van der Waals surface area contributed by atoms with Crippen molar-refractivity contribution >= 4 is 11.9 Å². The highest BCUT2D eigenvalue weighted by atomic mass is 16.2. The highest BCUT2D eigenvalue weighted by molar-refractivity contribution is 5.97. The number of rotatable bonds is 2. The van der Waals surface area contributed by atoms with Crippen LogP contribution in [0.4, 0.5) is 4.79 Å². The van der Waals surface area contributed by atoms with Crippen LogP contribution in [0.5, 0.6) is 0 Å². The number of imide groups is 1. The third kappa shape index (κ3) is 2.79. The minimum atomic E-state index is -0.180. The molecule has 2 rings (SSSR count). The zero-order valence-corrected chi connectivity index (χ0v) is 11.0. The Bertz CT molecular complexity index is 311. The van der Waals surface area contributed by atoms with Gasteiger partial charge in [0.25, 0.3) is 0 Å². The molecule has 0 spiro atoms. The van der Waals surface area contributed by atoms with E-state index in [1.54, 1.807) is 0 Å². The van der Waals surface area contributed by atoms with Gasteiger partial charge in [-0.3, -0.25) is 9.69 Å². The Balaban J connectivity index is 1.97. The molecular formula is C13H22N2O2. The summed E-state index contributed by atoms with van der Waals surface area (Å²) in [6, 6.07) is -0.00962. The molecule has 0 bridgehead atoms. The molecule has 2 aliphatic rings. The van der Waals surface area contributed by atoms with Crippen molar-refractivity contribution in [1.29, 1.82) is 0 Å². The van der Waals surface area contributed by atoms with E-state index in [2.05, 4.69) is 26.1 Å². The van der Waals surface area contributed by atoms with Crippen LogP contribution in [0.1, 0.15) is 52.9 Å². The summed E-state index contributed by atoms with van der Waals surface area (Å²) < 4.78 is 0. The second-order valence-electron chi connectivity index (χ2n) is 6.46. The summed E-state index contributed by atoms with van der Waals surface area (Å²) in [5.41, 5.74) is 0.136. The quantitative estimate of drug-likeness (QED) is 0.802. The first-order valence-electron chi connectivity index (χ1n) is 6.49. The molecule has 1 aliphatic carbocycles. The molecule has 0 aromatic rings. The van der Waals surface area contributed by atoms with Gasteiger partial charge in [0.2, 0.25) is 5.91 Å². The number of carbonyl (C=O) groups is 2. The smallest absolute Gasteiger partial charge is 0.324 e. The number of amides is 3. The lowest BCUT2D eigenvalue weighted by atomic mass is 9.85. The highest BCUT2D eigenvalue weighted by Crippen LogP contribution is 2.29. The molecule has 0 radical (unpaired) electrons. The van der Waals surface area contributed by atoms with Crippen molar-refractivity contribution in [3.63, 3.8) is 0 Å². The summed E-state index contributed by atoms with van der Waals surface area (Å²) in [6.45, 7) is 6.38. The molecule has 96 valence electrons. The van der Waals surface area contributed by atoms with Gasteiger partial charge in [0.05, 0.1) is 0 Å². The summed E-state index contributed by atoms with van der Waals surface area (Å²) in [5, 5.41) is 2.97. The van der Waals surface area contributed by atoms with Crippen LogP contribution in [0.2, 0.25) is 0 Å². The van der Waals surface area contributed by atoms with Crippen molar-refractivity contribution in [1.82, 2.24) is 10.2 Å². The van der Waals surface area contributed by atoms with Gasteiger partial charge in [0.1, 0.15) is 0 Å². The second-order valence-corrected chi connectivity index (χ2v) is 6.46. The van der Waals surface area contributed by atoms with Crippen LogP contribution in [-0.2, 0) is 4.79 Å². The first kappa shape index (κ1) is 12.4. The fourth-order valence-electron chi connectivity index (χ4n) is 2.59. The van der Waals surface area contributed by atoms with E-state index < -0.39 is 0 Å². The molecule has 17 heavy (non-hydrogen) atoms. The van der Waals surface area contributed by atoms with Crippen molar-refractivity contribution in [3.05, 3.63) is 0 Å². The molecule has 2 fully saturated rings. The lowest BCUT2D eigenvalue weighted by Crippen LogP contribution is -2.59. The Hall–Kier alpha value is -1.06. The average Bonchev–Trinajstić information content (AvgIpc) is 2.04. The Labute approximate surface area is 103 Å². The number of hydrogen-bond donors (Lipinski definition) is 1. The minimum absolute atomic E-state index is 0.00586. The highest BCUT2D eigenvalue weighted by Gasteiger charge is 2.39. The monoisotopic (exact) mass is 238 g/mol. The fourth-order valence-corrected chi connectivity index (χ4v) is 2.59. The molecule has 4 nitrogen and oxygen atoms in total. The summed E-state index contributed by atoms with van der Waals surface area (Å²) in [5.74, 6) is 0.00713. The predicted molar refractivity (Wildman–Crippen MR) is 65.5 cm³/mol. The van der Waals surface area contributed by atoms with Crippen molar-refractivity contribution in [2.24, 2.45) is 5.41 Å². The Morgan fingerprint density at radius 2 is 1.94 bits per heavy atom. The molecule has 1 unspecified atom stereocenters. The lowest BCUT2D eigenvalue weighted by molar-refractivity contribution is -0.133. The van der Waals surface area contributed by atoms with Crippen molar-refractivity contribution < 1.29 is 9.59 Å². The van der Waals surface area contributed by atoms with Gasteiger partial charge >= 0.3 is 6.03 Å². The molecule has 3 amide bonds. The topological polar surface area (TPSA) is 49.4 Å². The molecule has 1 atom stereocenters. The van der Waals surface area contributed by atoms with Gasteiger partial charge in [-0.05, 0) is 31.1 Å². The van der Waals surface area contributed by atoms with E-state index in [4.69, 9.17) is 0 Å². The van der Waals surface area contributed by atoms with Crippen molar-refractivity contribution in [2.75, 3.05) is 0 Å². The zero-order chi connectivity index (χ0) is 12.6. The fraction of sp³-hybridized carbons (Fsp3) is 0.846. The summed E-state index contributed by atoms with van der Waals surface area (Å²) in [6.07, 6.45) is 4.39. The molecule has 1 N–H and O–H groups in total. The van der Waals surface area contributed by atoms with E-state index in [9.17, 15) is 9.59 Å². The summed E-state index contributed by atoms with van der Waals surface area (Å²) in [4.78, 5) is 25.4. The molecule has 4 heteroatoms. The second kappa shape index (κ2) is 4.31. The minimum Gasteiger partial charge on any atom is -0.334 e. The van der Waals surface area contributed by atoms with Gasteiger partial charge in [0.15, 0.2) is 0 Å². The number of urea groups is 1. The molecule has 0 aromatic carbocycles. The molecule has 1 saturated heterocycles. The van der Waals surface area contributed by atoms with E-state index in [1.807, 2.05) is 0 Å². The van der Waals surface area contributed by atoms with Crippen molar-refractivity contribution in [2.45, 2.75) is 65.0 Å².